The molecule has 2 rings (SSSR count). The Morgan fingerprint density at radius 3 is 2.27 bits per heavy atom. The minimum absolute atomic E-state index is 0.616. The zero-order valence-electron chi connectivity index (χ0n) is 12.7. The molecule has 0 saturated heterocycles. The average molecular weight is 308 g/mol. The normalized spacial score (nSPS) is 10.5. The highest BCUT2D eigenvalue weighted by Crippen LogP contribution is 2.27. The first-order valence-electron chi connectivity index (χ1n) is 7.10. The molecule has 0 atom stereocenters. The van der Waals surface area contributed by atoms with Gasteiger partial charge in [0.25, 0.3) is 0 Å². The van der Waals surface area contributed by atoms with Crippen molar-refractivity contribution in [3.05, 3.63) is 59.2 Å². The highest BCUT2D eigenvalue weighted by molar-refractivity contribution is 5.42. The molecule has 0 bridgehead atoms. The third-order valence-electron chi connectivity index (χ3n) is 3.45. The fourth-order valence-corrected chi connectivity index (χ4v) is 2.24. The molecule has 0 spiro atoms. The molecule has 0 radical (unpaired) electrons. The summed E-state index contributed by atoms with van der Waals surface area (Å²) in [6, 6.07) is 9.82. The highest BCUT2D eigenvalue weighted by atomic mass is 19.2. The van der Waals surface area contributed by atoms with Crippen LogP contribution in [0.2, 0.25) is 0 Å². The molecule has 0 saturated carbocycles. The molecule has 0 unspecified atom stereocenters. The molecular weight excluding hydrogens is 288 g/mol. The van der Waals surface area contributed by atoms with Crippen LogP contribution in [0.1, 0.15) is 11.1 Å². The summed E-state index contributed by atoms with van der Waals surface area (Å²) in [7, 11) is 3.21. The van der Waals surface area contributed by atoms with Crippen LogP contribution in [-0.2, 0) is 13.0 Å². The van der Waals surface area contributed by atoms with Gasteiger partial charge in [0.2, 0.25) is 0 Å². The van der Waals surface area contributed by atoms with Crippen LogP contribution >= 0.6 is 0 Å². The van der Waals surface area contributed by atoms with Gasteiger partial charge in [-0.25, -0.2) is 8.78 Å². The molecule has 3 nitrogen and oxygen atoms in total. The maximum absolute atomic E-state index is 13.1. The van der Waals surface area contributed by atoms with Crippen molar-refractivity contribution in [1.82, 2.24) is 0 Å². The fourth-order valence-electron chi connectivity index (χ4n) is 2.24. The number of rotatable bonds is 7. The first-order valence-corrected chi connectivity index (χ1v) is 7.10. The minimum atomic E-state index is -0.811. The quantitative estimate of drug-likeness (QED) is 0.797. The predicted molar refractivity (Wildman–Crippen MR) is 80.1 cm³/mol. The molecule has 2 aromatic carbocycles. The summed E-state index contributed by atoms with van der Waals surface area (Å²) in [5, 5.41) is 2.06. The number of methoxy groups -OCH3 is 2. The van der Waals surface area contributed by atoms with Crippen molar-refractivity contribution in [2.75, 3.05) is 20.8 Å². The van der Waals surface area contributed by atoms with Crippen LogP contribution in [0.15, 0.2) is 36.4 Å². The molecule has 2 N–H and O–H groups in total. The first kappa shape index (κ1) is 16.2. The Morgan fingerprint density at radius 1 is 0.864 bits per heavy atom. The lowest BCUT2D eigenvalue weighted by molar-refractivity contribution is -0.670. The monoisotopic (exact) mass is 308 g/mol. The molecule has 0 fully saturated rings. The Labute approximate surface area is 128 Å². The molecule has 0 aliphatic rings. The number of hydrogen-bond donors (Lipinski definition) is 1. The molecule has 0 aliphatic heterocycles. The first-order chi connectivity index (χ1) is 10.6. The van der Waals surface area contributed by atoms with E-state index in [2.05, 4.69) is 5.32 Å². The van der Waals surface area contributed by atoms with Gasteiger partial charge in [0.1, 0.15) is 6.54 Å². The van der Waals surface area contributed by atoms with Gasteiger partial charge >= 0.3 is 0 Å². The minimum Gasteiger partial charge on any atom is -0.493 e. The third kappa shape index (κ3) is 4.18. The lowest BCUT2D eigenvalue weighted by atomic mass is 10.1. The number of benzene rings is 2. The summed E-state index contributed by atoms with van der Waals surface area (Å²) in [5.41, 5.74) is 1.91. The Hall–Kier alpha value is -2.14. The van der Waals surface area contributed by atoms with Gasteiger partial charge in [0.05, 0.1) is 20.8 Å². The summed E-state index contributed by atoms with van der Waals surface area (Å²) in [6.45, 7) is 1.46. The van der Waals surface area contributed by atoms with Crippen molar-refractivity contribution in [2.24, 2.45) is 0 Å². The van der Waals surface area contributed by atoms with Gasteiger partial charge in [-0.05, 0) is 29.8 Å². The second kappa shape index (κ2) is 7.75. The Kier molecular flexibility index (Phi) is 5.72. The van der Waals surface area contributed by atoms with Gasteiger partial charge < -0.3 is 14.8 Å². The van der Waals surface area contributed by atoms with Crippen molar-refractivity contribution >= 4 is 0 Å². The van der Waals surface area contributed by atoms with E-state index < -0.39 is 11.6 Å². The Balaban J connectivity index is 1.84. The SMILES string of the molecule is COc1ccc(CC[NH2+]Cc2ccc(F)c(F)c2)cc1OC. The van der Waals surface area contributed by atoms with Crippen LogP contribution in [-0.4, -0.2) is 20.8 Å². The molecule has 0 amide bonds. The lowest BCUT2D eigenvalue weighted by Gasteiger charge is -2.09. The second-order valence-corrected chi connectivity index (χ2v) is 4.97. The van der Waals surface area contributed by atoms with E-state index in [1.54, 1.807) is 20.3 Å². The van der Waals surface area contributed by atoms with E-state index in [0.29, 0.717) is 18.0 Å². The topological polar surface area (TPSA) is 35.1 Å². The predicted octanol–water partition coefficient (Wildman–Crippen LogP) is 2.29. The zero-order valence-corrected chi connectivity index (χ0v) is 12.7. The summed E-state index contributed by atoms with van der Waals surface area (Å²) in [6.07, 6.45) is 0.851. The maximum atomic E-state index is 13.1. The van der Waals surface area contributed by atoms with Crippen molar-refractivity contribution in [2.45, 2.75) is 13.0 Å². The van der Waals surface area contributed by atoms with Crippen LogP contribution in [0, 0.1) is 11.6 Å². The van der Waals surface area contributed by atoms with Crippen molar-refractivity contribution in [3.8, 4) is 11.5 Å². The molecular formula is C17H20F2NO2+. The number of ether oxygens (including phenoxy) is 2. The molecule has 5 heteroatoms. The van der Waals surface area contributed by atoms with Crippen LogP contribution in [0.5, 0.6) is 11.5 Å². The van der Waals surface area contributed by atoms with Crippen LogP contribution in [0.4, 0.5) is 8.78 Å². The van der Waals surface area contributed by atoms with Crippen LogP contribution in [0.3, 0.4) is 0 Å². The van der Waals surface area contributed by atoms with Crippen molar-refractivity contribution in [3.63, 3.8) is 0 Å². The summed E-state index contributed by atoms with van der Waals surface area (Å²) >= 11 is 0. The number of halogens is 2. The third-order valence-corrected chi connectivity index (χ3v) is 3.45. The van der Waals surface area contributed by atoms with Gasteiger partial charge in [-0.15, -0.1) is 0 Å². The highest BCUT2D eigenvalue weighted by Gasteiger charge is 2.06. The molecule has 0 aliphatic carbocycles. The van der Waals surface area contributed by atoms with E-state index in [-0.39, 0.29) is 0 Å². The fraction of sp³-hybridized carbons (Fsp3) is 0.294. The number of hydrogen-bond acceptors (Lipinski definition) is 2. The van der Waals surface area contributed by atoms with Gasteiger partial charge in [0.15, 0.2) is 23.1 Å². The molecule has 118 valence electrons. The summed E-state index contributed by atoms with van der Waals surface area (Å²) in [5.74, 6) is -0.197. The zero-order chi connectivity index (χ0) is 15.9. The van der Waals surface area contributed by atoms with Crippen molar-refractivity contribution < 1.29 is 23.6 Å². The maximum Gasteiger partial charge on any atom is 0.160 e. The van der Waals surface area contributed by atoms with E-state index in [9.17, 15) is 8.78 Å². The second-order valence-electron chi connectivity index (χ2n) is 4.97. The van der Waals surface area contributed by atoms with E-state index in [0.717, 1.165) is 30.2 Å². The van der Waals surface area contributed by atoms with Gasteiger partial charge in [-0.3, -0.25) is 0 Å². The van der Waals surface area contributed by atoms with Gasteiger partial charge in [-0.2, -0.15) is 0 Å². The van der Waals surface area contributed by atoms with E-state index in [1.807, 2.05) is 18.2 Å². The number of quaternary nitrogens is 1. The van der Waals surface area contributed by atoms with Gasteiger partial charge in [-0.1, -0.05) is 12.1 Å². The van der Waals surface area contributed by atoms with Crippen molar-refractivity contribution in [1.29, 1.82) is 0 Å². The van der Waals surface area contributed by atoms with Gasteiger partial charge in [0, 0.05) is 12.0 Å². The lowest BCUT2D eigenvalue weighted by Crippen LogP contribution is -2.83. The van der Waals surface area contributed by atoms with Crippen LogP contribution in [0.25, 0.3) is 0 Å². The van der Waals surface area contributed by atoms with E-state index >= 15 is 0 Å². The Bertz CT molecular complexity index is 632. The average Bonchev–Trinajstić information content (AvgIpc) is 2.54. The molecule has 0 aromatic heterocycles. The van der Waals surface area contributed by atoms with Crippen LogP contribution < -0.4 is 14.8 Å². The standard InChI is InChI=1S/C17H19F2NO2/c1-21-16-6-4-12(10-17(16)22-2)7-8-20-11-13-3-5-14(18)15(19)9-13/h3-6,9-10,20H,7-8,11H2,1-2H3/p+1. The summed E-state index contributed by atoms with van der Waals surface area (Å²) < 4.78 is 36.4. The molecule has 0 heterocycles. The largest absolute Gasteiger partial charge is 0.493 e. The van der Waals surface area contributed by atoms with E-state index in [1.165, 1.54) is 6.07 Å². The smallest absolute Gasteiger partial charge is 0.160 e. The summed E-state index contributed by atoms with van der Waals surface area (Å²) in [4.78, 5) is 0. The number of nitrogens with two attached hydrogens (primary N) is 1. The Morgan fingerprint density at radius 2 is 1.59 bits per heavy atom. The molecule has 2 aromatic rings. The molecule has 22 heavy (non-hydrogen) atoms. The van der Waals surface area contributed by atoms with E-state index in [4.69, 9.17) is 9.47 Å².